The van der Waals surface area contributed by atoms with Crippen molar-refractivity contribution in [3.05, 3.63) is 22.7 Å². The molecular weight excluding hydrogens is 463 g/mol. The number of anilines is 1. The van der Waals surface area contributed by atoms with Crippen LogP contribution in [0.5, 0.6) is 0 Å². The normalized spacial score (nSPS) is 26.6. The van der Waals surface area contributed by atoms with Crippen LogP contribution in [0.1, 0.15) is 12.6 Å². The van der Waals surface area contributed by atoms with Gasteiger partial charge < -0.3 is 34.7 Å². The molecule has 5 atom stereocenters. The van der Waals surface area contributed by atoms with E-state index in [0.29, 0.717) is 5.82 Å². The maximum atomic E-state index is 12.0. The molecule has 0 bridgehead atoms. The highest BCUT2D eigenvalue weighted by atomic mass is 31.3. The first-order valence-electron chi connectivity index (χ1n) is 7.60. The van der Waals surface area contributed by atoms with Crippen LogP contribution in [-0.2, 0) is 31.6 Å². The van der Waals surface area contributed by atoms with Gasteiger partial charge in [-0.25, -0.2) is 18.5 Å². The van der Waals surface area contributed by atoms with Crippen molar-refractivity contribution >= 4 is 29.3 Å². The van der Waals surface area contributed by atoms with Gasteiger partial charge >= 0.3 is 29.2 Å². The Morgan fingerprint density at radius 3 is 2.45 bits per heavy atom. The Morgan fingerprint density at radius 2 is 1.90 bits per heavy atom. The number of aliphatic hydroxyl groups is 1. The Kier molecular flexibility index (Phi) is 7.55. The summed E-state index contributed by atoms with van der Waals surface area (Å²) in [4.78, 5) is 51.1. The predicted octanol–water partition coefficient (Wildman–Crippen LogP) is -0.723. The molecule has 6 N–H and O–H groups in total. The molecule has 166 valence electrons. The van der Waals surface area contributed by atoms with E-state index in [1.165, 1.54) is 12.3 Å². The topological polar surface area (TPSA) is 236 Å². The van der Waals surface area contributed by atoms with E-state index < -0.39 is 54.2 Å². The molecule has 16 nitrogen and oxygen atoms in total. The summed E-state index contributed by atoms with van der Waals surface area (Å²) < 4.78 is 51.5. The number of phosphoric ester groups is 1. The Hall–Kier alpha value is -0.990. The van der Waals surface area contributed by atoms with Crippen molar-refractivity contribution in [2.45, 2.75) is 24.9 Å². The minimum atomic E-state index is -5.65. The molecule has 0 amide bonds. The van der Waals surface area contributed by atoms with Gasteiger partial charge in [-0.3, -0.25) is 9.09 Å². The predicted molar refractivity (Wildman–Crippen MR) is 92.4 cm³/mol. The van der Waals surface area contributed by atoms with E-state index in [0.717, 1.165) is 4.57 Å². The van der Waals surface area contributed by atoms with Gasteiger partial charge in [-0.15, -0.1) is 0 Å². The van der Waals surface area contributed by atoms with E-state index in [-0.39, 0.29) is 6.42 Å². The smallest absolute Gasteiger partial charge is 0.390 e. The summed E-state index contributed by atoms with van der Waals surface area (Å²) in [6, 6.07) is 1.47. The van der Waals surface area contributed by atoms with E-state index in [9.17, 15) is 28.5 Å². The highest BCUT2D eigenvalue weighted by molar-refractivity contribution is 7.66. The summed E-state index contributed by atoms with van der Waals surface area (Å²) in [5.74, 6) is 0.300. The van der Waals surface area contributed by atoms with Crippen LogP contribution in [0.25, 0.3) is 0 Å². The zero-order chi connectivity index (χ0) is 22.0. The molecule has 1 aliphatic heterocycles. The van der Waals surface area contributed by atoms with E-state index in [1.54, 1.807) is 7.05 Å². The molecule has 19 heteroatoms. The van der Waals surface area contributed by atoms with Gasteiger partial charge in [0.25, 0.3) is 0 Å². The summed E-state index contributed by atoms with van der Waals surface area (Å²) in [5, 5.41) is 12.7. The lowest BCUT2D eigenvalue weighted by molar-refractivity contribution is -0.0449. The lowest BCUT2D eigenvalue weighted by Gasteiger charge is -2.19. The van der Waals surface area contributed by atoms with Gasteiger partial charge in [-0.2, -0.15) is 13.6 Å². The summed E-state index contributed by atoms with van der Waals surface area (Å²) in [7, 11) is -15.0. The van der Waals surface area contributed by atoms with Gasteiger partial charge in [-0.05, 0) is 6.07 Å². The van der Waals surface area contributed by atoms with Crippen molar-refractivity contribution in [3.8, 4) is 0 Å². The van der Waals surface area contributed by atoms with Crippen molar-refractivity contribution in [1.29, 1.82) is 0 Å². The molecule has 1 saturated heterocycles. The molecule has 1 fully saturated rings. The Labute approximate surface area is 162 Å². The first-order valence-corrected chi connectivity index (χ1v) is 12.1. The van der Waals surface area contributed by atoms with Gasteiger partial charge in [0, 0.05) is 19.7 Å². The zero-order valence-corrected chi connectivity index (χ0v) is 17.2. The average Bonchev–Trinajstić information content (AvgIpc) is 2.90. The average molecular weight is 481 g/mol. The molecular formula is C10H18N3O13P3. The minimum absolute atomic E-state index is 0.106. The van der Waals surface area contributed by atoms with Gasteiger partial charge in [0.2, 0.25) is 0 Å². The van der Waals surface area contributed by atoms with Crippen molar-refractivity contribution in [3.63, 3.8) is 0 Å². The third-order valence-corrected chi connectivity index (χ3v) is 7.22. The van der Waals surface area contributed by atoms with Gasteiger partial charge in [0.05, 0.1) is 12.7 Å². The molecule has 0 aliphatic carbocycles. The van der Waals surface area contributed by atoms with Gasteiger partial charge in [-0.1, -0.05) is 0 Å². The number of hydrogen-bond acceptors (Lipinski definition) is 11. The fourth-order valence-corrected chi connectivity index (χ4v) is 5.31. The summed E-state index contributed by atoms with van der Waals surface area (Å²) >= 11 is 0. The van der Waals surface area contributed by atoms with E-state index in [2.05, 4.69) is 23.4 Å². The summed E-state index contributed by atoms with van der Waals surface area (Å²) in [5.41, 5.74) is -0.692. The molecule has 1 aromatic rings. The molecule has 0 saturated carbocycles. The number of nitrogens with one attached hydrogen (secondary N) is 1. The SMILES string of the molecule is CNc1ccn([C@H]2C[C@H](O)[C@@H](COP(=O)(O)OP(=O)(O)OP(=O)(O)O)O2)c(=O)n1. The number of aliphatic hydroxyl groups excluding tert-OH is 1. The second kappa shape index (κ2) is 9.02. The standard InChI is InChI=1S/C10H18N3O13P3/c1-11-8-2-3-13(10(15)12-8)9-4-6(14)7(24-9)5-23-28(19,20)26-29(21,22)25-27(16,17)18/h2-3,6-7,9,14H,4-5H2,1H3,(H,19,20)(H,21,22)(H,11,12,15)(H2,16,17,18)/t6-,7+,9+/m0/s1. The van der Waals surface area contributed by atoms with Crippen molar-refractivity contribution < 1.29 is 56.3 Å². The van der Waals surface area contributed by atoms with Crippen LogP contribution in [-0.4, -0.2) is 60.1 Å². The van der Waals surface area contributed by atoms with E-state index in [1.807, 2.05) is 0 Å². The maximum absolute atomic E-state index is 12.0. The van der Waals surface area contributed by atoms with Crippen LogP contribution in [0, 0.1) is 0 Å². The van der Waals surface area contributed by atoms with Crippen molar-refractivity contribution in [2.24, 2.45) is 0 Å². The van der Waals surface area contributed by atoms with Crippen LogP contribution in [0.15, 0.2) is 17.1 Å². The van der Waals surface area contributed by atoms with Crippen molar-refractivity contribution in [1.82, 2.24) is 9.55 Å². The molecule has 0 radical (unpaired) electrons. The first-order chi connectivity index (χ1) is 13.2. The van der Waals surface area contributed by atoms with Crippen LogP contribution in [0.4, 0.5) is 5.82 Å². The number of nitrogens with zero attached hydrogens (tertiary/aromatic N) is 2. The van der Waals surface area contributed by atoms with Gasteiger partial charge in [0.1, 0.15) is 18.1 Å². The summed E-state index contributed by atoms with van der Waals surface area (Å²) in [6.07, 6.45) is -2.25. The lowest BCUT2D eigenvalue weighted by atomic mass is 10.2. The molecule has 1 aromatic heterocycles. The van der Waals surface area contributed by atoms with Crippen LogP contribution in [0.2, 0.25) is 0 Å². The van der Waals surface area contributed by atoms with E-state index in [4.69, 9.17) is 19.4 Å². The molecule has 29 heavy (non-hydrogen) atoms. The Morgan fingerprint density at radius 1 is 1.24 bits per heavy atom. The van der Waals surface area contributed by atoms with Crippen LogP contribution >= 0.6 is 23.5 Å². The van der Waals surface area contributed by atoms with Crippen molar-refractivity contribution in [2.75, 3.05) is 19.0 Å². The fraction of sp³-hybridized carbons (Fsp3) is 0.600. The first kappa shape index (κ1) is 24.3. The number of rotatable bonds is 9. The maximum Gasteiger partial charge on any atom is 0.490 e. The van der Waals surface area contributed by atoms with Gasteiger partial charge in [0.15, 0.2) is 0 Å². The highest BCUT2D eigenvalue weighted by Gasteiger charge is 2.42. The zero-order valence-electron chi connectivity index (χ0n) is 14.5. The molecule has 2 heterocycles. The second-order valence-electron chi connectivity index (χ2n) is 5.57. The molecule has 0 spiro atoms. The second-order valence-corrected chi connectivity index (χ2v) is 9.99. The van der Waals surface area contributed by atoms with E-state index >= 15 is 0 Å². The molecule has 2 rings (SSSR count). The Balaban J connectivity index is 1.99. The van der Waals surface area contributed by atoms with Crippen LogP contribution in [0.3, 0.4) is 0 Å². The quantitative estimate of drug-likeness (QED) is 0.239. The third kappa shape index (κ3) is 7.33. The minimum Gasteiger partial charge on any atom is -0.390 e. The summed E-state index contributed by atoms with van der Waals surface area (Å²) in [6.45, 7) is -0.835. The molecule has 1 aliphatic rings. The largest absolute Gasteiger partial charge is 0.490 e. The number of hydrogen-bond donors (Lipinski definition) is 6. The Bertz CT molecular complexity index is 931. The lowest BCUT2D eigenvalue weighted by Crippen LogP contribution is -2.28. The number of phosphoric acid groups is 3. The number of ether oxygens (including phenoxy) is 1. The fourth-order valence-electron chi connectivity index (χ4n) is 2.28. The number of aromatic nitrogens is 2. The monoisotopic (exact) mass is 481 g/mol. The molecule has 0 aromatic carbocycles. The highest BCUT2D eigenvalue weighted by Crippen LogP contribution is 2.66. The third-order valence-electron chi connectivity index (χ3n) is 3.42. The van der Waals surface area contributed by atoms with Crippen LogP contribution < -0.4 is 11.0 Å². The molecule has 2 unspecified atom stereocenters.